The quantitative estimate of drug-likeness (QED) is 0.355. The monoisotopic (exact) mass is 438 g/mol. The van der Waals surface area contributed by atoms with Crippen LogP contribution < -0.4 is 5.32 Å². The summed E-state index contributed by atoms with van der Waals surface area (Å²) in [6, 6.07) is 13.9. The molecule has 156 valence electrons. The first-order chi connectivity index (χ1) is 14.9. The molecule has 0 saturated heterocycles. The Labute approximate surface area is 182 Å². The number of oxazole rings is 1. The number of fused-ring (bicyclic) bond motifs is 1. The van der Waals surface area contributed by atoms with E-state index in [-0.39, 0.29) is 10.7 Å². The Bertz CT molecular complexity index is 1310. The number of amides is 1. The van der Waals surface area contributed by atoms with Crippen LogP contribution in [0, 0.1) is 11.6 Å². The van der Waals surface area contributed by atoms with Crippen LogP contribution in [0.4, 0.5) is 14.5 Å². The molecule has 31 heavy (non-hydrogen) atoms. The molecule has 1 aromatic heterocycles. The summed E-state index contributed by atoms with van der Waals surface area (Å²) in [4.78, 5) is 16.6. The summed E-state index contributed by atoms with van der Waals surface area (Å²) in [5.74, 6) is -1.36. The van der Waals surface area contributed by atoms with Gasteiger partial charge in [0.2, 0.25) is 11.8 Å². The van der Waals surface area contributed by atoms with Crippen molar-refractivity contribution in [3.8, 4) is 11.5 Å². The van der Waals surface area contributed by atoms with E-state index in [0.717, 1.165) is 18.1 Å². The predicted molar refractivity (Wildman–Crippen MR) is 118 cm³/mol. The largest absolute Gasteiger partial charge is 0.436 e. The molecule has 3 aromatic carbocycles. The number of aryl methyl sites for hydroxylation is 1. The van der Waals surface area contributed by atoms with Gasteiger partial charge in [-0.2, -0.15) is 0 Å². The third-order valence-electron chi connectivity index (χ3n) is 4.71. The van der Waals surface area contributed by atoms with E-state index in [1.165, 1.54) is 36.4 Å². The Hall–Kier alpha value is -3.51. The number of aromatic nitrogens is 1. The number of halogens is 3. The van der Waals surface area contributed by atoms with Gasteiger partial charge in [-0.3, -0.25) is 4.79 Å². The lowest BCUT2D eigenvalue weighted by Crippen LogP contribution is -2.09. The normalized spacial score (nSPS) is 11.4. The van der Waals surface area contributed by atoms with E-state index in [4.69, 9.17) is 16.0 Å². The van der Waals surface area contributed by atoms with Gasteiger partial charge in [0.1, 0.15) is 17.2 Å². The highest BCUT2D eigenvalue weighted by atomic mass is 35.5. The summed E-state index contributed by atoms with van der Waals surface area (Å²) in [5.41, 5.74) is 3.39. The van der Waals surface area contributed by atoms with Crippen LogP contribution in [0.2, 0.25) is 5.02 Å². The minimum absolute atomic E-state index is 0.00739. The Morgan fingerprint density at radius 1 is 1.13 bits per heavy atom. The molecule has 0 aliphatic carbocycles. The van der Waals surface area contributed by atoms with Crippen molar-refractivity contribution in [2.45, 2.75) is 13.3 Å². The zero-order chi connectivity index (χ0) is 22.0. The average molecular weight is 439 g/mol. The van der Waals surface area contributed by atoms with Crippen LogP contribution in [0.25, 0.3) is 28.6 Å². The van der Waals surface area contributed by atoms with Gasteiger partial charge in [0.15, 0.2) is 5.58 Å². The van der Waals surface area contributed by atoms with Gasteiger partial charge in [0.25, 0.3) is 0 Å². The van der Waals surface area contributed by atoms with Gasteiger partial charge in [0, 0.05) is 11.6 Å². The van der Waals surface area contributed by atoms with Crippen LogP contribution in [0.1, 0.15) is 18.1 Å². The number of benzene rings is 3. The molecule has 4 nitrogen and oxygen atoms in total. The van der Waals surface area contributed by atoms with Crippen molar-refractivity contribution < 1.29 is 18.0 Å². The van der Waals surface area contributed by atoms with Crippen molar-refractivity contribution in [2.24, 2.45) is 0 Å². The lowest BCUT2D eigenvalue weighted by molar-refractivity contribution is -0.111. The predicted octanol–water partition coefficient (Wildman–Crippen LogP) is 6.64. The van der Waals surface area contributed by atoms with Crippen molar-refractivity contribution in [1.82, 2.24) is 4.98 Å². The zero-order valence-electron chi connectivity index (χ0n) is 16.5. The topological polar surface area (TPSA) is 55.1 Å². The van der Waals surface area contributed by atoms with Crippen molar-refractivity contribution in [1.29, 1.82) is 0 Å². The fourth-order valence-corrected chi connectivity index (χ4v) is 3.27. The molecule has 0 atom stereocenters. The van der Waals surface area contributed by atoms with E-state index >= 15 is 0 Å². The first-order valence-electron chi connectivity index (χ1n) is 9.56. The van der Waals surface area contributed by atoms with Crippen LogP contribution in [-0.2, 0) is 11.2 Å². The molecule has 0 unspecified atom stereocenters. The molecule has 0 aliphatic heterocycles. The third kappa shape index (κ3) is 4.64. The van der Waals surface area contributed by atoms with Crippen LogP contribution in [0.5, 0.6) is 0 Å². The Balaban J connectivity index is 1.51. The molecule has 1 heterocycles. The standard InChI is InChI=1S/C24H17ClF2N2O2/c1-2-14-3-9-22-21(11-14)29-24(31-22)16-5-8-20(19(27)12-16)28-23(30)10-6-15-4-7-17(26)13-18(15)25/h3-13H,2H2,1H3,(H,28,30)/b10-6+. The second-order valence-electron chi connectivity index (χ2n) is 6.86. The van der Waals surface area contributed by atoms with E-state index in [9.17, 15) is 13.6 Å². The highest BCUT2D eigenvalue weighted by molar-refractivity contribution is 6.32. The molecule has 7 heteroatoms. The minimum Gasteiger partial charge on any atom is -0.436 e. The van der Waals surface area contributed by atoms with Crippen LogP contribution in [0.15, 0.2) is 65.1 Å². The number of hydrogen-bond donors (Lipinski definition) is 1. The van der Waals surface area contributed by atoms with Gasteiger partial charge in [0.05, 0.1) is 10.7 Å². The van der Waals surface area contributed by atoms with E-state index in [0.29, 0.717) is 28.1 Å². The lowest BCUT2D eigenvalue weighted by atomic mass is 10.1. The van der Waals surface area contributed by atoms with Crippen molar-refractivity contribution in [2.75, 3.05) is 5.32 Å². The summed E-state index contributed by atoms with van der Waals surface area (Å²) in [7, 11) is 0. The molecule has 1 N–H and O–H groups in total. The minimum atomic E-state index is -0.629. The Morgan fingerprint density at radius 2 is 1.97 bits per heavy atom. The van der Waals surface area contributed by atoms with E-state index in [1.807, 2.05) is 25.1 Å². The summed E-state index contributed by atoms with van der Waals surface area (Å²) in [6.07, 6.45) is 3.49. The molecule has 0 spiro atoms. The van der Waals surface area contributed by atoms with Crippen molar-refractivity contribution >= 4 is 40.4 Å². The number of carbonyl (C=O) groups is 1. The number of carbonyl (C=O) groups excluding carboxylic acids is 1. The van der Waals surface area contributed by atoms with Gasteiger partial charge < -0.3 is 9.73 Å². The maximum absolute atomic E-state index is 14.6. The molecule has 4 aromatic rings. The third-order valence-corrected chi connectivity index (χ3v) is 5.04. The molecule has 0 aliphatic rings. The van der Waals surface area contributed by atoms with E-state index in [2.05, 4.69) is 10.3 Å². The van der Waals surface area contributed by atoms with E-state index in [1.54, 1.807) is 6.07 Å². The number of anilines is 1. The van der Waals surface area contributed by atoms with E-state index < -0.39 is 17.5 Å². The van der Waals surface area contributed by atoms with Crippen molar-refractivity contribution in [3.05, 3.63) is 88.5 Å². The SMILES string of the molecule is CCc1ccc2oc(-c3ccc(NC(=O)/C=C/c4ccc(F)cc4Cl)c(F)c3)nc2c1. The van der Waals surface area contributed by atoms with Gasteiger partial charge in [-0.15, -0.1) is 0 Å². The number of rotatable bonds is 5. The zero-order valence-corrected chi connectivity index (χ0v) is 17.2. The summed E-state index contributed by atoms with van der Waals surface area (Å²) < 4.78 is 33.4. The Morgan fingerprint density at radius 3 is 2.71 bits per heavy atom. The summed E-state index contributed by atoms with van der Waals surface area (Å²) in [6.45, 7) is 2.05. The van der Waals surface area contributed by atoms with Crippen LogP contribution >= 0.6 is 11.6 Å². The molecular weight excluding hydrogens is 422 g/mol. The van der Waals surface area contributed by atoms with Gasteiger partial charge >= 0.3 is 0 Å². The Kier molecular flexibility index (Phi) is 5.82. The van der Waals surface area contributed by atoms with Gasteiger partial charge in [-0.1, -0.05) is 30.7 Å². The van der Waals surface area contributed by atoms with Crippen molar-refractivity contribution in [3.63, 3.8) is 0 Å². The molecular formula is C24H17ClF2N2O2. The first kappa shape index (κ1) is 20.8. The average Bonchev–Trinajstić information content (AvgIpc) is 3.17. The highest BCUT2D eigenvalue weighted by Crippen LogP contribution is 2.28. The van der Waals surface area contributed by atoms with Crippen LogP contribution in [-0.4, -0.2) is 10.9 Å². The fraction of sp³-hybridized carbons (Fsp3) is 0.0833. The summed E-state index contributed by atoms with van der Waals surface area (Å²) in [5, 5.41) is 2.63. The molecule has 1 amide bonds. The first-order valence-corrected chi connectivity index (χ1v) is 9.94. The molecule has 0 fully saturated rings. The lowest BCUT2D eigenvalue weighted by Gasteiger charge is -2.05. The second-order valence-corrected chi connectivity index (χ2v) is 7.26. The molecule has 4 rings (SSSR count). The number of nitrogens with zero attached hydrogens (tertiary/aromatic N) is 1. The van der Waals surface area contributed by atoms with Gasteiger partial charge in [-0.05, 0) is 66.1 Å². The molecule has 0 radical (unpaired) electrons. The number of hydrogen-bond acceptors (Lipinski definition) is 3. The second kappa shape index (κ2) is 8.70. The van der Waals surface area contributed by atoms with Crippen LogP contribution in [0.3, 0.4) is 0 Å². The van der Waals surface area contributed by atoms with Gasteiger partial charge in [-0.25, -0.2) is 13.8 Å². The molecule has 0 saturated carbocycles. The smallest absolute Gasteiger partial charge is 0.248 e. The summed E-state index contributed by atoms with van der Waals surface area (Å²) >= 11 is 5.92. The number of nitrogens with one attached hydrogen (secondary N) is 1. The maximum atomic E-state index is 14.6. The maximum Gasteiger partial charge on any atom is 0.248 e. The highest BCUT2D eigenvalue weighted by Gasteiger charge is 2.12. The molecule has 0 bridgehead atoms. The fourth-order valence-electron chi connectivity index (χ4n) is 3.04.